The third kappa shape index (κ3) is 35.0. The first kappa shape index (κ1) is 61.2. The van der Waals surface area contributed by atoms with Crippen molar-refractivity contribution in [3.8, 4) is 0 Å². The summed E-state index contributed by atoms with van der Waals surface area (Å²) in [5.74, 6) is -1.30. The Morgan fingerprint density at radius 1 is 0.692 bits per heavy atom. The van der Waals surface area contributed by atoms with Gasteiger partial charge in [-0.1, -0.05) is 161 Å². The van der Waals surface area contributed by atoms with Gasteiger partial charge in [-0.2, -0.15) is 0 Å². The molecular formula is C47H86O16P2. The minimum atomic E-state index is -4.90. The van der Waals surface area contributed by atoms with Gasteiger partial charge in [-0.05, 0) is 38.0 Å². The minimum absolute atomic E-state index is 0.0545. The van der Waals surface area contributed by atoms with Crippen molar-refractivity contribution in [2.45, 2.75) is 212 Å². The Kier molecular flexibility index (Phi) is 35.0. The number of aliphatic hydroxyl groups is 3. The van der Waals surface area contributed by atoms with E-state index < -0.39 is 84.3 Å². The molecule has 1 aliphatic carbocycles. The Labute approximate surface area is 389 Å². The van der Waals surface area contributed by atoms with Crippen molar-refractivity contribution < 1.29 is 76.6 Å². The van der Waals surface area contributed by atoms with Crippen molar-refractivity contribution in [3.63, 3.8) is 0 Å². The van der Waals surface area contributed by atoms with E-state index in [0.29, 0.717) is 32.1 Å². The SMILES string of the molecule is CCCCC[C@H](O)/C=C/[C@H]1C(=O)C[C@H](O)[C@@H]1C/C=C\CCCC(=O)O[C@H](COC(=O)CCCCCCCCCCCCCCCCCC(C)C)COP(=O)(O)OC[C@@H](O)COP(=O)(O)O. The quantitative estimate of drug-likeness (QED) is 0.0144. The maximum atomic E-state index is 12.8. The molecule has 7 atom stereocenters. The van der Waals surface area contributed by atoms with Crippen LogP contribution in [0.2, 0.25) is 0 Å². The number of phosphoric acid groups is 2. The zero-order valence-electron chi connectivity index (χ0n) is 39.7. The van der Waals surface area contributed by atoms with Gasteiger partial charge in [-0.25, -0.2) is 9.13 Å². The highest BCUT2D eigenvalue weighted by atomic mass is 31.2. The molecule has 0 aromatic heterocycles. The van der Waals surface area contributed by atoms with Crippen molar-refractivity contribution >= 4 is 33.4 Å². The Balaban J connectivity index is 2.51. The van der Waals surface area contributed by atoms with E-state index in [9.17, 15) is 43.7 Å². The molecule has 0 spiro atoms. The van der Waals surface area contributed by atoms with Crippen molar-refractivity contribution in [1.82, 2.24) is 0 Å². The van der Waals surface area contributed by atoms with Gasteiger partial charge < -0.3 is 39.5 Å². The number of allylic oxidation sites excluding steroid dienone is 3. The van der Waals surface area contributed by atoms with Gasteiger partial charge in [0.2, 0.25) is 0 Å². The molecule has 0 heterocycles. The van der Waals surface area contributed by atoms with Crippen LogP contribution < -0.4 is 0 Å². The second-order valence-corrected chi connectivity index (χ2v) is 20.7. The molecule has 16 nitrogen and oxygen atoms in total. The number of ketones is 1. The standard InChI is InChI=1S/C47H86O16P2/c1-4-5-21-27-39(48)31-32-43-42(44(50)33-45(43)51)28-23-19-20-25-30-47(53)63-41(37-62-65(57,58)61-35-40(49)34-60-64(54,55)56)36-59-46(52)29-24-18-16-14-12-10-8-6-7-9-11-13-15-17-22-26-38(2)3/h19,23,31-32,38-44,48-50H,4-18,20-22,24-30,33-37H2,1-3H3,(H,57,58)(H2,54,55,56)/b23-19-,32-31+/t39-,40-,41+,42+,43+,44-/m0/s1. The predicted molar refractivity (Wildman–Crippen MR) is 249 cm³/mol. The number of carbonyl (C=O) groups excluding carboxylic acids is 3. The van der Waals surface area contributed by atoms with Crippen LogP contribution in [0.25, 0.3) is 0 Å². The lowest BCUT2D eigenvalue weighted by molar-refractivity contribution is -0.161. The highest BCUT2D eigenvalue weighted by molar-refractivity contribution is 7.47. The first-order chi connectivity index (χ1) is 30.9. The average molecular weight is 969 g/mol. The maximum absolute atomic E-state index is 12.8. The molecule has 0 aromatic carbocycles. The molecule has 1 unspecified atom stereocenters. The van der Waals surface area contributed by atoms with Crippen molar-refractivity contribution in [1.29, 1.82) is 0 Å². The van der Waals surface area contributed by atoms with E-state index in [2.05, 4.69) is 29.8 Å². The molecule has 0 amide bonds. The molecule has 0 bridgehead atoms. The number of Topliss-reactive ketones (excluding diaryl/α,β-unsaturated/α-hetero) is 1. The fourth-order valence-corrected chi connectivity index (χ4v) is 8.73. The van der Waals surface area contributed by atoms with E-state index in [-0.39, 0.29) is 31.0 Å². The largest absolute Gasteiger partial charge is 0.472 e. The van der Waals surface area contributed by atoms with Crippen LogP contribution in [0, 0.1) is 17.8 Å². The second kappa shape index (κ2) is 37.1. The molecule has 1 aliphatic rings. The van der Waals surface area contributed by atoms with E-state index in [1.165, 1.54) is 77.0 Å². The topological polar surface area (TPSA) is 253 Å². The van der Waals surface area contributed by atoms with Crippen molar-refractivity contribution in [2.24, 2.45) is 17.8 Å². The molecule has 1 saturated carbocycles. The highest BCUT2D eigenvalue weighted by Gasteiger charge is 2.39. The summed E-state index contributed by atoms with van der Waals surface area (Å²) < 4.78 is 47.9. The zero-order chi connectivity index (χ0) is 48.4. The number of phosphoric ester groups is 2. The van der Waals surface area contributed by atoms with E-state index in [1.54, 1.807) is 12.2 Å². The van der Waals surface area contributed by atoms with Crippen LogP contribution in [-0.2, 0) is 46.6 Å². The number of aliphatic hydroxyl groups excluding tert-OH is 3. The summed E-state index contributed by atoms with van der Waals surface area (Å²) in [6, 6.07) is 0. The van der Waals surface area contributed by atoms with Crippen LogP contribution in [0.4, 0.5) is 0 Å². The maximum Gasteiger partial charge on any atom is 0.472 e. The Bertz CT molecular complexity index is 1420. The molecule has 1 rings (SSSR count). The number of esters is 2. The first-order valence-corrected chi connectivity index (χ1v) is 27.5. The number of hydrogen-bond donors (Lipinski definition) is 6. The highest BCUT2D eigenvalue weighted by Crippen LogP contribution is 2.44. The molecule has 0 aliphatic heterocycles. The summed E-state index contributed by atoms with van der Waals surface area (Å²) in [6.45, 7) is 3.71. The molecule has 18 heteroatoms. The van der Waals surface area contributed by atoms with Gasteiger partial charge >= 0.3 is 27.6 Å². The average Bonchev–Trinajstić information content (AvgIpc) is 3.51. The van der Waals surface area contributed by atoms with Crippen molar-refractivity contribution in [3.05, 3.63) is 24.3 Å². The number of rotatable bonds is 42. The molecule has 1 fully saturated rings. The van der Waals surface area contributed by atoms with Gasteiger partial charge in [0.25, 0.3) is 0 Å². The first-order valence-electron chi connectivity index (χ1n) is 24.5. The summed E-state index contributed by atoms with van der Waals surface area (Å²) in [7, 11) is -9.78. The summed E-state index contributed by atoms with van der Waals surface area (Å²) in [5.41, 5.74) is 0. The van der Waals surface area contributed by atoms with Crippen LogP contribution in [-0.4, -0.2) is 98.6 Å². The van der Waals surface area contributed by atoms with Gasteiger partial charge in [-0.15, -0.1) is 0 Å². The Morgan fingerprint density at radius 2 is 1.23 bits per heavy atom. The van der Waals surface area contributed by atoms with Crippen molar-refractivity contribution in [2.75, 3.05) is 26.4 Å². The summed E-state index contributed by atoms with van der Waals surface area (Å²) >= 11 is 0. The lowest BCUT2D eigenvalue weighted by Crippen LogP contribution is -2.29. The van der Waals surface area contributed by atoms with Crippen LogP contribution in [0.5, 0.6) is 0 Å². The second-order valence-electron chi connectivity index (χ2n) is 18.0. The van der Waals surface area contributed by atoms with Crippen LogP contribution in [0.1, 0.15) is 188 Å². The Morgan fingerprint density at radius 3 is 1.82 bits per heavy atom. The summed E-state index contributed by atoms with van der Waals surface area (Å²) in [4.78, 5) is 65.6. The molecule has 0 aromatic rings. The smallest absolute Gasteiger partial charge is 0.462 e. The lowest BCUT2D eigenvalue weighted by atomic mass is 9.90. The molecule has 65 heavy (non-hydrogen) atoms. The number of hydrogen-bond acceptors (Lipinski definition) is 13. The van der Waals surface area contributed by atoms with Gasteiger partial charge in [0, 0.05) is 31.1 Å². The monoisotopic (exact) mass is 969 g/mol. The van der Waals surface area contributed by atoms with E-state index >= 15 is 0 Å². The molecule has 6 N–H and O–H groups in total. The van der Waals surface area contributed by atoms with Gasteiger partial charge in [0.05, 0.1) is 32.0 Å². The van der Waals surface area contributed by atoms with Crippen LogP contribution in [0.15, 0.2) is 24.3 Å². The van der Waals surface area contributed by atoms with Gasteiger partial charge in [0.1, 0.15) is 18.5 Å². The predicted octanol–water partition coefficient (Wildman–Crippen LogP) is 9.51. The molecule has 0 radical (unpaired) electrons. The number of ether oxygens (including phenoxy) is 2. The Hall–Kier alpha value is -1.81. The van der Waals surface area contributed by atoms with Gasteiger partial charge in [-0.3, -0.25) is 28.0 Å². The van der Waals surface area contributed by atoms with Crippen LogP contribution >= 0.6 is 15.6 Å². The third-order valence-electron chi connectivity index (χ3n) is 11.4. The summed E-state index contributed by atoms with van der Waals surface area (Å²) in [5, 5.41) is 30.6. The number of carbonyl (C=O) groups is 3. The van der Waals surface area contributed by atoms with E-state index in [4.69, 9.17) is 23.8 Å². The van der Waals surface area contributed by atoms with Gasteiger partial charge in [0.15, 0.2) is 6.10 Å². The lowest BCUT2D eigenvalue weighted by Gasteiger charge is -2.20. The van der Waals surface area contributed by atoms with Crippen LogP contribution in [0.3, 0.4) is 0 Å². The normalized spacial score (nSPS) is 19.3. The fraction of sp³-hybridized carbons (Fsp3) is 0.851. The fourth-order valence-electron chi connectivity index (χ4n) is 7.57. The summed E-state index contributed by atoms with van der Waals surface area (Å²) in [6.07, 6.45) is 26.8. The third-order valence-corrected chi connectivity index (χ3v) is 12.8. The van der Waals surface area contributed by atoms with E-state index in [1.807, 2.05) is 12.2 Å². The van der Waals surface area contributed by atoms with E-state index in [0.717, 1.165) is 44.4 Å². The molecule has 380 valence electrons. The minimum Gasteiger partial charge on any atom is -0.462 e. The zero-order valence-corrected chi connectivity index (χ0v) is 41.5. The molecular weight excluding hydrogens is 882 g/mol. The number of unbranched alkanes of at least 4 members (excludes halogenated alkanes) is 17. The molecule has 0 saturated heterocycles.